The van der Waals surface area contributed by atoms with Gasteiger partial charge < -0.3 is 5.32 Å². The number of rotatable bonds is 5. The van der Waals surface area contributed by atoms with Crippen molar-refractivity contribution in [1.29, 1.82) is 0 Å². The lowest BCUT2D eigenvalue weighted by Crippen LogP contribution is -2.37. The number of carbonyl (C=O) groups excluding carboxylic acids is 1. The van der Waals surface area contributed by atoms with E-state index in [4.69, 9.17) is 0 Å². The van der Waals surface area contributed by atoms with E-state index < -0.39 is 15.9 Å². The molecule has 1 heterocycles. The number of hydrogen-bond donors (Lipinski definition) is 1. The fourth-order valence-electron chi connectivity index (χ4n) is 2.92. The second kappa shape index (κ2) is 7.44. The Kier molecular flexibility index (Phi) is 5.35. The molecule has 0 aliphatic rings. The number of anilines is 2. The summed E-state index contributed by atoms with van der Waals surface area (Å²) in [6.45, 7) is -0.369. The van der Waals surface area contributed by atoms with Crippen LogP contribution in [0.25, 0.3) is 11.0 Å². The van der Waals surface area contributed by atoms with Crippen LogP contribution in [0.5, 0.6) is 0 Å². The first-order valence-electron chi connectivity index (χ1n) is 8.26. The smallest absolute Gasteiger partial charge is 0.324 e. The highest BCUT2D eigenvalue weighted by atomic mass is 79.9. The average Bonchev–Trinajstić information content (AvgIpc) is 2.84. The molecule has 0 radical (unpaired) electrons. The minimum Gasteiger partial charge on any atom is -0.324 e. The van der Waals surface area contributed by atoms with Gasteiger partial charge in [0, 0.05) is 24.3 Å². The van der Waals surface area contributed by atoms with E-state index >= 15 is 0 Å². The molecule has 1 N–H and O–H groups in total. The molecule has 28 heavy (non-hydrogen) atoms. The van der Waals surface area contributed by atoms with Gasteiger partial charge in [-0.3, -0.25) is 18.2 Å². The van der Waals surface area contributed by atoms with Crippen LogP contribution in [-0.2, 0) is 28.9 Å². The van der Waals surface area contributed by atoms with Crippen molar-refractivity contribution in [2.75, 3.05) is 22.4 Å². The topological polar surface area (TPSA) is 93.4 Å². The number of aryl methyl sites for hydroxylation is 2. The van der Waals surface area contributed by atoms with Crippen molar-refractivity contribution in [3.63, 3.8) is 0 Å². The maximum absolute atomic E-state index is 12.5. The molecule has 0 unspecified atom stereocenters. The molecule has 1 aromatic heterocycles. The van der Waals surface area contributed by atoms with Crippen LogP contribution in [0.2, 0.25) is 0 Å². The van der Waals surface area contributed by atoms with Gasteiger partial charge in [-0.05, 0) is 42.5 Å². The van der Waals surface area contributed by atoms with E-state index in [1.54, 1.807) is 56.6 Å². The summed E-state index contributed by atoms with van der Waals surface area (Å²) in [5.74, 6) is -0.492. The quantitative estimate of drug-likeness (QED) is 0.622. The number of benzene rings is 2. The molecule has 0 spiro atoms. The third kappa shape index (κ3) is 3.97. The van der Waals surface area contributed by atoms with Crippen molar-refractivity contribution in [3.05, 3.63) is 57.4 Å². The van der Waals surface area contributed by atoms with Gasteiger partial charge in [0.25, 0.3) is 0 Å². The monoisotopic (exact) mass is 466 g/mol. The number of imidazole rings is 1. The lowest BCUT2D eigenvalue weighted by molar-refractivity contribution is -0.114. The Balaban J connectivity index is 1.85. The van der Waals surface area contributed by atoms with Crippen LogP contribution < -0.4 is 15.3 Å². The summed E-state index contributed by atoms with van der Waals surface area (Å²) < 4.78 is 29.1. The normalized spacial score (nSPS) is 11.6. The van der Waals surface area contributed by atoms with Gasteiger partial charge in [0.15, 0.2) is 0 Å². The van der Waals surface area contributed by atoms with Crippen LogP contribution in [0, 0.1) is 0 Å². The Morgan fingerprint density at radius 1 is 1.07 bits per heavy atom. The zero-order chi connectivity index (χ0) is 20.6. The van der Waals surface area contributed by atoms with E-state index in [-0.39, 0.29) is 12.2 Å². The highest BCUT2D eigenvalue weighted by Crippen LogP contribution is 2.21. The van der Waals surface area contributed by atoms with Gasteiger partial charge in [-0.15, -0.1) is 0 Å². The molecule has 148 valence electrons. The Hall–Kier alpha value is -2.59. The van der Waals surface area contributed by atoms with Crippen molar-refractivity contribution in [2.45, 2.75) is 0 Å². The summed E-state index contributed by atoms with van der Waals surface area (Å²) in [6.07, 6.45) is 1.05. The number of fused-ring (bicyclic) bond motifs is 1. The summed E-state index contributed by atoms with van der Waals surface area (Å²) in [6, 6.07) is 11.7. The number of nitrogens with one attached hydrogen (secondary N) is 1. The first kappa shape index (κ1) is 20.2. The van der Waals surface area contributed by atoms with Gasteiger partial charge in [-0.25, -0.2) is 13.2 Å². The maximum atomic E-state index is 12.5. The maximum Gasteiger partial charge on any atom is 0.328 e. The summed E-state index contributed by atoms with van der Waals surface area (Å²) in [4.78, 5) is 24.5. The molecule has 0 saturated carbocycles. The third-order valence-corrected chi connectivity index (χ3v) is 6.03. The van der Waals surface area contributed by atoms with E-state index in [0.29, 0.717) is 16.9 Å². The van der Waals surface area contributed by atoms with Crippen molar-refractivity contribution in [3.8, 4) is 0 Å². The molecular formula is C18H19BrN4O4S. The zero-order valence-electron chi connectivity index (χ0n) is 15.5. The Labute approximate surface area is 170 Å². The molecule has 3 aromatic rings. The van der Waals surface area contributed by atoms with Crippen LogP contribution in [0.4, 0.5) is 11.4 Å². The number of sulfonamides is 1. The van der Waals surface area contributed by atoms with Gasteiger partial charge in [0.05, 0.1) is 23.0 Å². The van der Waals surface area contributed by atoms with Crippen molar-refractivity contribution >= 4 is 54.3 Å². The van der Waals surface area contributed by atoms with E-state index in [9.17, 15) is 18.0 Å². The molecule has 0 fully saturated rings. The second-order valence-corrected chi connectivity index (χ2v) is 9.22. The number of hydrogen-bond acceptors (Lipinski definition) is 4. The molecule has 3 rings (SSSR count). The van der Waals surface area contributed by atoms with Crippen LogP contribution in [0.15, 0.2) is 51.7 Å². The van der Waals surface area contributed by atoms with Crippen molar-refractivity contribution in [2.24, 2.45) is 14.1 Å². The number of aromatic nitrogens is 2. The van der Waals surface area contributed by atoms with Crippen molar-refractivity contribution in [1.82, 2.24) is 9.13 Å². The fourth-order valence-corrected chi connectivity index (χ4v) is 4.04. The third-order valence-electron chi connectivity index (χ3n) is 4.36. The number of nitrogens with zero attached hydrogens (tertiary/aromatic N) is 3. The first-order chi connectivity index (χ1) is 13.1. The first-order valence-corrected chi connectivity index (χ1v) is 10.9. The summed E-state index contributed by atoms with van der Waals surface area (Å²) in [5.41, 5.74) is 2.10. The van der Waals surface area contributed by atoms with E-state index in [1.807, 2.05) is 0 Å². The molecule has 1 amide bonds. The Morgan fingerprint density at radius 2 is 1.68 bits per heavy atom. The zero-order valence-corrected chi connectivity index (χ0v) is 17.9. The molecule has 2 aromatic carbocycles. The van der Waals surface area contributed by atoms with E-state index in [0.717, 1.165) is 20.6 Å². The summed E-state index contributed by atoms with van der Waals surface area (Å²) in [7, 11) is -0.334. The van der Waals surface area contributed by atoms with Crippen LogP contribution in [0.1, 0.15) is 0 Å². The molecule has 10 heteroatoms. The molecule has 8 nitrogen and oxygen atoms in total. The lowest BCUT2D eigenvalue weighted by Gasteiger charge is -2.22. The molecule has 0 aliphatic carbocycles. The number of halogens is 1. The number of amides is 1. The largest absolute Gasteiger partial charge is 0.328 e. The van der Waals surface area contributed by atoms with Gasteiger partial charge in [-0.2, -0.15) is 0 Å². The van der Waals surface area contributed by atoms with Crippen LogP contribution in [0.3, 0.4) is 0 Å². The highest BCUT2D eigenvalue weighted by Gasteiger charge is 2.21. The average molecular weight is 467 g/mol. The van der Waals surface area contributed by atoms with Gasteiger partial charge in [-0.1, -0.05) is 15.9 Å². The second-order valence-electron chi connectivity index (χ2n) is 6.40. The fraction of sp³-hybridized carbons (Fsp3) is 0.222. The van der Waals surface area contributed by atoms with E-state index in [2.05, 4.69) is 21.2 Å². The number of carbonyl (C=O) groups is 1. The molecule has 0 atom stereocenters. The van der Waals surface area contributed by atoms with Crippen molar-refractivity contribution < 1.29 is 13.2 Å². The minimum atomic E-state index is -3.65. The standard InChI is InChI=1S/C18H19BrN4O4S/c1-21-15-9-6-13(10-16(15)22(2)18(21)25)20-17(24)11-23(28(3,26)27)14-7-4-12(19)5-8-14/h4-10H,11H2,1-3H3,(H,20,24). The SMILES string of the molecule is Cn1c(=O)n(C)c2cc(NC(=O)CN(c3ccc(Br)cc3)S(C)(=O)=O)ccc21. The van der Waals surface area contributed by atoms with E-state index in [1.165, 1.54) is 9.13 Å². The molecule has 0 bridgehead atoms. The van der Waals surface area contributed by atoms with Gasteiger partial charge in [0.1, 0.15) is 6.54 Å². The van der Waals surface area contributed by atoms with Crippen LogP contribution >= 0.6 is 15.9 Å². The Morgan fingerprint density at radius 3 is 2.29 bits per heavy atom. The van der Waals surface area contributed by atoms with Gasteiger partial charge >= 0.3 is 5.69 Å². The predicted octanol–water partition coefficient (Wildman–Crippen LogP) is 2.04. The molecular weight excluding hydrogens is 448 g/mol. The van der Waals surface area contributed by atoms with Crippen LogP contribution in [-0.4, -0.2) is 36.3 Å². The Bertz CT molecular complexity index is 1210. The minimum absolute atomic E-state index is 0.169. The summed E-state index contributed by atoms with van der Waals surface area (Å²) >= 11 is 3.30. The van der Waals surface area contributed by atoms with Gasteiger partial charge in [0.2, 0.25) is 15.9 Å². The summed E-state index contributed by atoms with van der Waals surface area (Å²) in [5, 5.41) is 2.69. The highest BCUT2D eigenvalue weighted by molar-refractivity contribution is 9.10. The molecule has 0 saturated heterocycles. The lowest BCUT2D eigenvalue weighted by atomic mass is 10.2. The molecule has 0 aliphatic heterocycles. The predicted molar refractivity (Wildman–Crippen MR) is 113 cm³/mol.